The topological polar surface area (TPSA) is 71.0 Å². The lowest BCUT2D eigenvalue weighted by Crippen LogP contribution is -2.30. The smallest absolute Gasteiger partial charge is 0.228 e. The number of nitrogens with zero attached hydrogens (tertiary/aromatic N) is 4. The van der Waals surface area contributed by atoms with Crippen LogP contribution in [0.3, 0.4) is 0 Å². The Hall–Kier alpha value is -3.02. The first-order valence-corrected chi connectivity index (χ1v) is 9.98. The van der Waals surface area contributed by atoms with Crippen molar-refractivity contribution in [2.75, 3.05) is 25.0 Å². The van der Waals surface area contributed by atoms with Crippen LogP contribution in [-0.4, -0.2) is 45.4 Å². The van der Waals surface area contributed by atoms with Gasteiger partial charge in [-0.15, -0.1) is 0 Å². The van der Waals surface area contributed by atoms with Crippen LogP contribution in [-0.2, 0) is 17.6 Å². The van der Waals surface area contributed by atoms with E-state index >= 15 is 0 Å². The summed E-state index contributed by atoms with van der Waals surface area (Å²) in [5, 5.41) is 4.38. The maximum atomic E-state index is 12.8. The molecule has 5 rings (SSSR count). The van der Waals surface area contributed by atoms with Crippen molar-refractivity contribution in [3.8, 4) is 0 Å². The highest BCUT2D eigenvalue weighted by Gasteiger charge is 2.28. The molecule has 3 aromatic heterocycles. The average Bonchev–Trinajstić information content (AvgIpc) is 3.24. The van der Waals surface area contributed by atoms with Crippen molar-refractivity contribution in [2.45, 2.75) is 31.6 Å². The van der Waals surface area contributed by atoms with Crippen LogP contribution in [0.25, 0.3) is 11.0 Å². The van der Waals surface area contributed by atoms with E-state index in [9.17, 15) is 4.79 Å². The summed E-state index contributed by atoms with van der Waals surface area (Å²) in [6, 6.07) is 12.2. The number of aromatic nitrogens is 3. The fourth-order valence-corrected chi connectivity index (χ4v) is 4.16. The summed E-state index contributed by atoms with van der Waals surface area (Å²) in [5.41, 5.74) is 3.89. The van der Waals surface area contributed by atoms with Crippen LogP contribution in [0.4, 0.5) is 5.82 Å². The number of pyridine rings is 3. The molecule has 1 fully saturated rings. The van der Waals surface area contributed by atoms with Crippen molar-refractivity contribution in [1.82, 2.24) is 19.9 Å². The number of aryl methyl sites for hydroxylation is 1. The molecule has 2 aliphatic heterocycles. The summed E-state index contributed by atoms with van der Waals surface area (Å²) >= 11 is 0. The second-order valence-corrected chi connectivity index (χ2v) is 7.63. The zero-order valence-electron chi connectivity index (χ0n) is 15.8. The SMILES string of the molecule is O=C(Cc1ccc2c(n1)NCCC2)N1CCC(c2ccc3cccnc3n2)C1. The van der Waals surface area contributed by atoms with Crippen molar-refractivity contribution >= 4 is 22.8 Å². The molecule has 28 heavy (non-hydrogen) atoms. The number of rotatable bonds is 3. The van der Waals surface area contributed by atoms with Crippen LogP contribution in [0.15, 0.2) is 42.6 Å². The molecule has 6 heteroatoms. The number of anilines is 1. The maximum Gasteiger partial charge on any atom is 0.228 e. The van der Waals surface area contributed by atoms with Crippen LogP contribution in [0.2, 0.25) is 0 Å². The minimum Gasteiger partial charge on any atom is -0.370 e. The summed E-state index contributed by atoms with van der Waals surface area (Å²) in [5.74, 6) is 1.36. The molecule has 0 aliphatic carbocycles. The van der Waals surface area contributed by atoms with Gasteiger partial charge in [-0.2, -0.15) is 0 Å². The van der Waals surface area contributed by atoms with Gasteiger partial charge < -0.3 is 10.2 Å². The fraction of sp³-hybridized carbons (Fsp3) is 0.364. The molecule has 1 N–H and O–H groups in total. The second-order valence-electron chi connectivity index (χ2n) is 7.63. The third-order valence-corrected chi connectivity index (χ3v) is 5.73. The van der Waals surface area contributed by atoms with Gasteiger partial charge >= 0.3 is 0 Å². The number of hydrogen-bond acceptors (Lipinski definition) is 5. The van der Waals surface area contributed by atoms with E-state index in [2.05, 4.69) is 33.5 Å². The van der Waals surface area contributed by atoms with E-state index in [1.54, 1.807) is 6.20 Å². The van der Waals surface area contributed by atoms with Crippen molar-refractivity contribution in [3.05, 3.63) is 59.5 Å². The summed E-state index contributed by atoms with van der Waals surface area (Å²) < 4.78 is 0. The van der Waals surface area contributed by atoms with Crippen molar-refractivity contribution in [2.24, 2.45) is 0 Å². The molecule has 6 nitrogen and oxygen atoms in total. The van der Waals surface area contributed by atoms with Gasteiger partial charge in [0.1, 0.15) is 5.82 Å². The van der Waals surface area contributed by atoms with Gasteiger partial charge in [-0.05, 0) is 55.2 Å². The Morgan fingerprint density at radius 1 is 1.18 bits per heavy atom. The normalized spacial score (nSPS) is 18.7. The molecule has 1 unspecified atom stereocenters. The number of carbonyl (C=O) groups excluding carboxylic acids is 1. The molecule has 142 valence electrons. The Bertz CT molecular complexity index is 1030. The first-order valence-electron chi connectivity index (χ1n) is 9.98. The third kappa shape index (κ3) is 3.30. The molecular weight excluding hydrogens is 350 g/mol. The zero-order valence-corrected chi connectivity index (χ0v) is 15.8. The van der Waals surface area contributed by atoms with E-state index in [0.29, 0.717) is 13.0 Å². The zero-order chi connectivity index (χ0) is 18.9. The predicted octanol–water partition coefficient (Wildman–Crippen LogP) is 2.94. The molecular formula is C22H23N5O. The molecule has 0 saturated carbocycles. The van der Waals surface area contributed by atoms with E-state index in [4.69, 9.17) is 4.98 Å². The molecule has 5 heterocycles. The maximum absolute atomic E-state index is 12.8. The van der Waals surface area contributed by atoms with Crippen molar-refractivity contribution in [1.29, 1.82) is 0 Å². The third-order valence-electron chi connectivity index (χ3n) is 5.73. The van der Waals surface area contributed by atoms with Crippen LogP contribution >= 0.6 is 0 Å². The van der Waals surface area contributed by atoms with Crippen LogP contribution in [0.5, 0.6) is 0 Å². The van der Waals surface area contributed by atoms with Gasteiger partial charge in [-0.1, -0.05) is 6.07 Å². The van der Waals surface area contributed by atoms with Gasteiger partial charge in [0.05, 0.1) is 12.1 Å². The highest BCUT2D eigenvalue weighted by atomic mass is 16.2. The summed E-state index contributed by atoms with van der Waals surface area (Å²) in [4.78, 5) is 28.5. The summed E-state index contributed by atoms with van der Waals surface area (Å²) in [7, 11) is 0. The number of hydrogen-bond donors (Lipinski definition) is 1. The second kappa shape index (κ2) is 7.19. The first-order chi connectivity index (χ1) is 13.8. The number of nitrogens with one attached hydrogen (secondary N) is 1. The number of likely N-dealkylation sites (tertiary alicyclic amines) is 1. The Labute approximate surface area is 164 Å². The van der Waals surface area contributed by atoms with E-state index < -0.39 is 0 Å². The highest BCUT2D eigenvalue weighted by molar-refractivity contribution is 5.79. The molecule has 0 bridgehead atoms. The number of fused-ring (bicyclic) bond motifs is 2. The molecule has 0 spiro atoms. The lowest BCUT2D eigenvalue weighted by molar-refractivity contribution is -0.129. The largest absolute Gasteiger partial charge is 0.370 e. The van der Waals surface area contributed by atoms with E-state index in [1.807, 2.05) is 23.1 Å². The van der Waals surface area contributed by atoms with Gasteiger partial charge in [0, 0.05) is 42.8 Å². The highest BCUT2D eigenvalue weighted by Crippen LogP contribution is 2.27. The van der Waals surface area contributed by atoms with Gasteiger partial charge in [-0.25, -0.2) is 15.0 Å². The number of amides is 1. The Morgan fingerprint density at radius 2 is 2.14 bits per heavy atom. The molecule has 0 radical (unpaired) electrons. The van der Waals surface area contributed by atoms with Crippen molar-refractivity contribution in [3.63, 3.8) is 0 Å². The van der Waals surface area contributed by atoms with Crippen LogP contribution in [0.1, 0.15) is 35.7 Å². The van der Waals surface area contributed by atoms with Gasteiger partial charge in [0.2, 0.25) is 5.91 Å². The number of carbonyl (C=O) groups is 1. The van der Waals surface area contributed by atoms with Crippen LogP contribution < -0.4 is 5.32 Å². The lowest BCUT2D eigenvalue weighted by atomic mass is 10.0. The molecule has 2 aliphatic rings. The van der Waals surface area contributed by atoms with E-state index in [-0.39, 0.29) is 11.8 Å². The molecule has 1 saturated heterocycles. The standard InChI is InChI=1S/C22H23N5O/c28-20(13-18-7-5-15-3-1-10-23-21(15)25-18)27-12-9-17(14-27)19-8-6-16-4-2-11-24-22(16)26-19/h2,4-8,11,17H,1,3,9-10,12-14H2,(H,23,25). The van der Waals surface area contributed by atoms with Gasteiger partial charge in [0.15, 0.2) is 5.65 Å². The molecule has 3 aromatic rings. The minimum absolute atomic E-state index is 0.143. The molecule has 0 aromatic carbocycles. The Balaban J connectivity index is 1.26. The quantitative estimate of drug-likeness (QED) is 0.764. The summed E-state index contributed by atoms with van der Waals surface area (Å²) in [6.07, 6.45) is 5.26. The Morgan fingerprint density at radius 3 is 3.11 bits per heavy atom. The monoisotopic (exact) mass is 373 g/mol. The lowest BCUT2D eigenvalue weighted by Gasteiger charge is -2.19. The molecule has 1 amide bonds. The van der Waals surface area contributed by atoms with E-state index in [1.165, 1.54) is 5.56 Å². The van der Waals surface area contributed by atoms with E-state index in [0.717, 1.165) is 60.6 Å². The fourth-order valence-electron chi connectivity index (χ4n) is 4.16. The van der Waals surface area contributed by atoms with Gasteiger partial charge in [-0.3, -0.25) is 4.79 Å². The van der Waals surface area contributed by atoms with Crippen molar-refractivity contribution < 1.29 is 4.79 Å². The van der Waals surface area contributed by atoms with Gasteiger partial charge in [0.25, 0.3) is 0 Å². The summed E-state index contributed by atoms with van der Waals surface area (Å²) in [6.45, 7) is 2.45. The first kappa shape index (κ1) is 17.1. The van der Waals surface area contributed by atoms with Crippen LogP contribution in [0, 0.1) is 0 Å². The molecule has 1 atom stereocenters. The minimum atomic E-state index is 0.143. The predicted molar refractivity (Wildman–Crippen MR) is 108 cm³/mol. The average molecular weight is 373 g/mol. The Kier molecular flexibility index (Phi) is 4.39.